The molecule has 0 aromatic heterocycles. The quantitative estimate of drug-likeness (QED) is 0.901. The fraction of sp³-hybridized carbons (Fsp3) is 0.462. The Kier molecular flexibility index (Phi) is 5.16. The zero-order valence-electron chi connectivity index (χ0n) is 10.7. The Labute approximate surface area is 115 Å². The summed E-state index contributed by atoms with van der Waals surface area (Å²) >= 11 is 3.39. The van der Waals surface area contributed by atoms with Gasteiger partial charge in [-0.2, -0.15) is 0 Å². The topological polar surface area (TPSA) is 58.6 Å². The molecule has 1 atom stereocenters. The Hall–Kier alpha value is -1.07. The highest BCUT2D eigenvalue weighted by atomic mass is 79.9. The first-order valence-electron chi connectivity index (χ1n) is 5.68. The van der Waals surface area contributed by atoms with Crippen LogP contribution in [0.25, 0.3) is 0 Å². The third-order valence-corrected chi connectivity index (χ3v) is 2.88. The molecule has 18 heavy (non-hydrogen) atoms. The third-order valence-electron chi connectivity index (χ3n) is 2.15. The van der Waals surface area contributed by atoms with Crippen molar-refractivity contribution in [3.05, 3.63) is 34.3 Å². The van der Waals surface area contributed by atoms with Crippen molar-refractivity contribution in [2.24, 2.45) is 0 Å². The minimum absolute atomic E-state index is 0.193. The van der Waals surface area contributed by atoms with Gasteiger partial charge in [-0.25, -0.2) is 4.79 Å². The van der Waals surface area contributed by atoms with Crippen LogP contribution in [0.15, 0.2) is 28.7 Å². The van der Waals surface area contributed by atoms with E-state index in [1.165, 1.54) is 0 Å². The van der Waals surface area contributed by atoms with Crippen LogP contribution in [0.5, 0.6) is 0 Å². The molecule has 0 bridgehead atoms. The van der Waals surface area contributed by atoms with Gasteiger partial charge in [0.15, 0.2) is 0 Å². The van der Waals surface area contributed by atoms with E-state index in [1.54, 1.807) is 20.8 Å². The molecule has 0 aliphatic carbocycles. The Morgan fingerprint density at radius 3 is 2.56 bits per heavy atom. The molecule has 1 amide bonds. The number of carbonyl (C=O) groups excluding carboxylic acids is 1. The lowest BCUT2D eigenvalue weighted by atomic mass is 10.1. The van der Waals surface area contributed by atoms with Crippen LogP contribution in [0.3, 0.4) is 0 Å². The Morgan fingerprint density at radius 1 is 1.44 bits per heavy atom. The van der Waals surface area contributed by atoms with Crippen LogP contribution < -0.4 is 5.32 Å². The van der Waals surface area contributed by atoms with Crippen molar-refractivity contribution in [3.8, 4) is 0 Å². The minimum atomic E-state index is -0.558. The summed E-state index contributed by atoms with van der Waals surface area (Å²) in [4.78, 5) is 11.7. The molecule has 1 aromatic carbocycles. The molecule has 2 N–H and O–H groups in total. The third kappa shape index (κ3) is 4.66. The molecule has 0 spiro atoms. The van der Waals surface area contributed by atoms with Gasteiger partial charge in [-0.1, -0.05) is 34.1 Å². The number of nitrogens with one attached hydrogen (secondary N) is 1. The van der Waals surface area contributed by atoms with E-state index in [-0.39, 0.29) is 6.61 Å². The summed E-state index contributed by atoms with van der Waals surface area (Å²) in [6.45, 7) is 5.18. The van der Waals surface area contributed by atoms with E-state index in [1.807, 2.05) is 24.3 Å². The maximum absolute atomic E-state index is 11.7. The second kappa shape index (κ2) is 6.20. The summed E-state index contributed by atoms with van der Waals surface area (Å²) in [7, 11) is 0. The number of aliphatic hydroxyl groups excluding tert-OH is 1. The molecule has 0 radical (unpaired) electrons. The second-order valence-corrected chi connectivity index (χ2v) is 5.76. The zero-order valence-corrected chi connectivity index (χ0v) is 12.3. The number of amides is 1. The first-order chi connectivity index (χ1) is 8.33. The number of benzene rings is 1. The number of alkyl carbamates (subject to hydrolysis) is 1. The lowest BCUT2D eigenvalue weighted by Gasteiger charge is -2.23. The first-order valence-corrected chi connectivity index (χ1v) is 6.47. The van der Waals surface area contributed by atoms with Gasteiger partial charge in [0.2, 0.25) is 0 Å². The number of aliphatic hydroxyl groups is 1. The van der Waals surface area contributed by atoms with Crippen molar-refractivity contribution >= 4 is 22.0 Å². The highest BCUT2D eigenvalue weighted by Crippen LogP contribution is 2.23. The number of halogens is 1. The van der Waals surface area contributed by atoms with E-state index < -0.39 is 17.7 Å². The van der Waals surface area contributed by atoms with Crippen molar-refractivity contribution in [1.82, 2.24) is 5.32 Å². The molecular weight excluding hydrogens is 298 g/mol. The van der Waals surface area contributed by atoms with Crippen LogP contribution in [0.1, 0.15) is 32.4 Å². The lowest BCUT2D eigenvalue weighted by Crippen LogP contribution is -2.36. The fourth-order valence-electron chi connectivity index (χ4n) is 1.43. The van der Waals surface area contributed by atoms with E-state index in [0.717, 1.165) is 10.0 Å². The highest BCUT2D eigenvalue weighted by Gasteiger charge is 2.21. The monoisotopic (exact) mass is 315 g/mol. The Morgan fingerprint density at radius 2 is 2.06 bits per heavy atom. The van der Waals surface area contributed by atoms with E-state index in [0.29, 0.717) is 0 Å². The molecule has 4 nitrogen and oxygen atoms in total. The molecule has 0 unspecified atom stereocenters. The number of carbonyl (C=O) groups is 1. The summed E-state index contributed by atoms with van der Waals surface area (Å²) in [5.41, 5.74) is 0.253. The fourth-order valence-corrected chi connectivity index (χ4v) is 1.99. The maximum atomic E-state index is 11.7. The predicted molar refractivity (Wildman–Crippen MR) is 73.3 cm³/mol. The summed E-state index contributed by atoms with van der Waals surface area (Å²) in [6, 6.07) is 6.92. The van der Waals surface area contributed by atoms with Crippen LogP contribution in [0, 0.1) is 0 Å². The molecular formula is C13H18BrNO3. The summed E-state index contributed by atoms with van der Waals surface area (Å²) in [5.74, 6) is 0. The van der Waals surface area contributed by atoms with Gasteiger partial charge in [0.25, 0.3) is 0 Å². The largest absolute Gasteiger partial charge is 0.444 e. The molecule has 5 heteroatoms. The van der Waals surface area contributed by atoms with Crippen LogP contribution in [-0.2, 0) is 4.74 Å². The van der Waals surface area contributed by atoms with E-state index in [2.05, 4.69) is 21.2 Å². The molecule has 0 aliphatic heterocycles. The van der Waals surface area contributed by atoms with Crippen LogP contribution in [-0.4, -0.2) is 23.4 Å². The van der Waals surface area contributed by atoms with Crippen molar-refractivity contribution in [3.63, 3.8) is 0 Å². The predicted octanol–water partition coefficient (Wildman–Crippen LogP) is 3.01. The van der Waals surface area contributed by atoms with Gasteiger partial charge < -0.3 is 15.2 Å². The summed E-state index contributed by atoms with van der Waals surface area (Å²) in [6.07, 6.45) is -0.544. The average Bonchev–Trinajstić information content (AvgIpc) is 2.24. The van der Waals surface area contributed by atoms with Crippen LogP contribution >= 0.6 is 15.9 Å². The normalized spacial score (nSPS) is 12.9. The summed E-state index contributed by atoms with van der Waals surface area (Å²) in [5, 5.41) is 12.0. The van der Waals surface area contributed by atoms with E-state index in [9.17, 15) is 9.90 Å². The average molecular weight is 316 g/mol. The smallest absolute Gasteiger partial charge is 0.408 e. The van der Waals surface area contributed by atoms with Crippen molar-refractivity contribution in [2.45, 2.75) is 32.4 Å². The van der Waals surface area contributed by atoms with Gasteiger partial charge in [-0.15, -0.1) is 0 Å². The van der Waals surface area contributed by atoms with Crippen molar-refractivity contribution in [2.75, 3.05) is 6.61 Å². The molecule has 0 saturated carbocycles. The van der Waals surface area contributed by atoms with Gasteiger partial charge in [0.1, 0.15) is 5.60 Å². The van der Waals surface area contributed by atoms with Crippen LogP contribution in [0.2, 0.25) is 0 Å². The minimum Gasteiger partial charge on any atom is -0.444 e. The molecule has 1 rings (SSSR count). The van der Waals surface area contributed by atoms with Gasteiger partial charge in [-0.3, -0.25) is 0 Å². The molecule has 0 fully saturated rings. The highest BCUT2D eigenvalue weighted by molar-refractivity contribution is 9.10. The molecule has 0 saturated heterocycles. The molecule has 0 heterocycles. The van der Waals surface area contributed by atoms with Crippen molar-refractivity contribution < 1.29 is 14.6 Å². The Bertz CT molecular complexity index is 415. The number of hydrogen-bond donors (Lipinski definition) is 2. The van der Waals surface area contributed by atoms with Crippen LogP contribution in [0.4, 0.5) is 4.79 Å². The number of hydrogen-bond acceptors (Lipinski definition) is 3. The number of ether oxygens (including phenoxy) is 1. The zero-order chi connectivity index (χ0) is 13.8. The second-order valence-electron chi connectivity index (χ2n) is 4.90. The van der Waals surface area contributed by atoms with Gasteiger partial charge in [0.05, 0.1) is 12.6 Å². The van der Waals surface area contributed by atoms with Gasteiger partial charge in [0, 0.05) is 4.47 Å². The first kappa shape index (κ1) is 15.0. The molecule has 1 aromatic rings. The molecule has 100 valence electrons. The number of rotatable bonds is 3. The van der Waals surface area contributed by atoms with E-state index >= 15 is 0 Å². The Balaban J connectivity index is 2.74. The van der Waals surface area contributed by atoms with E-state index in [4.69, 9.17) is 4.74 Å². The lowest BCUT2D eigenvalue weighted by molar-refractivity contribution is 0.0481. The van der Waals surface area contributed by atoms with Gasteiger partial charge >= 0.3 is 6.09 Å². The SMILES string of the molecule is CC(C)(C)OC(=O)N[C@@H](CO)c1ccccc1Br. The van der Waals surface area contributed by atoms with Crippen molar-refractivity contribution in [1.29, 1.82) is 0 Å². The maximum Gasteiger partial charge on any atom is 0.408 e. The molecule has 0 aliphatic rings. The standard InChI is InChI=1S/C13H18BrNO3/c1-13(2,3)18-12(17)15-11(8-16)9-6-4-5-7-10(9)14/h4-7,11,16H,8H2,1-3H3,(H,15,17)/t11-/m0/s1. The summed E-state index contributed by atoms with van der Waals surface area (Å²) < 4.78 is 5.99. The van der Waals surface area contributed by atoms with Gasteiger partial charge in [-0.05, 0) is 32.4 Å².